The van der Waals surface area contributed by atoms with Crippen LogP contribution >= 0.6 is 0 Å². The fourth-order valence-electron chi connectivity index (χ4n) is 2.99. The Morgan fingerprint density at radius 1 is 1.36 bits per heavy atom. The van der Waals surface area contributed by atoms with Crippen molar-refractivity contribution < 1.29 is 17.9 Å². The van der Waals surface area contributed by atoms with Crippen LogP contribution in [0.25, 0.3) is 0 Å². The Morgan fingerprint density at radius 3 is 2.60 bits per heavy atom. The number of hydrogen-bond acceptors (Lipinski definition) is 4. The summed E-state index contributed by atoms with van der Waals surface area (Å²) in [6, 6.07) is 5.03. The average molecular weight is 368 g/mol. The minimum atomic E-state index is -3.39. The molecular weight excluding hydrogens is 340 g/mol. The number of sulfonamides is 1. The van der Waals surface area contributed by atoms with Crippen LogP contribution in [-0.4, -0.2) is 44.1 Å². The number of carbonyl (C=O) groups is 1. The number of ether oxygens (including phenoxy) is 1. The van der Waals surface area contributed by atoms with Gasteiger partial charge < -0.3 is 10.1 Å². The number of nitrogens with zero attached hydrogens (tertiary/aromatic N) is 1. The summed E-state index contributed by atoms with van der Waals surface area (Å²) >= 11 is 0. The lowest BCUT2D eigenvalue weighted by Crippen LogP contribution is -2.43. The summed E-state index contributed by atoms with van der Waals surface area (Å²) in [6.45, 7) is 8.26. The standard InChI is InChI=1S/C18H28N2O4S/c1-6-25(22,23)20-11-7-8-15(20)17(21)19-14-12-13(18(2,3)4)9-10-16(14)24-5/h9-10,12,15H,6-8,11H2,1-5H3,(H,19,21)/t15-/m0/s1. The lowest BCUT2D eigenvalue weighted by Gasteiger charge is -2.24. The maximum absolute atomic E-state index is 12.7. The van der Waals surface area contributed by atoms with E-state index < -0.39 is 16.1 Å². The molecule has 6 nitrogen and oxygen atoms in total. The zero-order valence-electron chi connectivity index (χ0n) is 15.6. The normalized spacial score (nSPS) is 19.0. The second-order valence-electron chi connectivity index (χ2n) is 7.32. The molecule has 2 rings (SSSR count). The van der Waals surface area contributed by atoms with E-state index in [1.165, 1.54) is 4.31 Å². The van der Waals surface area contributed by atoms with E-state index in [2.05, 4.69) is 26.1 Å². The van der Waals surface area contributed by atoms with Crippen molar-refractivity contribution in [1.29, 1.82) is 0 Å². The molecule has 0 aromatic heterocycles. The van der Waals surface area contributed by atoms with Crippen LogP contribution in [0, 0.1) is 0 Å². The van der Waals surface area contributed by atoms with E-state index in [1.54, 1.807) is 14.0 Å². The number of amides is 1. The average Bonchev–Trinajstić information content (AvgIpc) is 3.04. The van der Waals surface area contributed by atoms with Crippen molar-refractivity contribution in [3.8, 4) is 5.75 Å². The molecule has 1 saturated heterocycles. The maximum atomic E-state index is 12.7. The third-order valence-corrected chi connectivity index (χ3v) is 6.43. The Bertz CT molecular complexity index is 738. The molecular formula is C18H28N2O4S. The number of hydrogen-bond donors (Lipinski definition) is 1. The van der Waals surface area contributed by atoms with Gasteiger partial charge in [0.1, 0.15) is 11.8 Å². The second-order valence-corrected chi connectivity index (χ2v) is 9.53. The van der Waals surface area contributed by atoms with E-state index in [9.17, 15) is 13.2 Å². The third kappa shape index (κ3) is 4.33. The molecule has 1 N–H and O–H groups in total. The molecule has 1 amide bonds. The van der Waals surface area contributed by atoms with Crippen LogP contribution in [0.15, 0.2) is 18.2 Å². The Kier molecular flexibility index (Phi) is 5.79. The highest BCUT2D eigenvalue weighted by Crippen LogP contribution is 2.32. The summed E-state index contributed by atoms with van der Waals surface area (Å²) in [6.07, 6.45) is 1.23. The van der Waals surface area contributed by atoms with Crippen molar-refractivity contribution in [1.82, 2.24) is 4.31 Å². The van der Waals surface area contributed by atoms with Crippen LogP contribution in [0.5, 0.6) is 5.75 Å². The minimum absolute atomic E-state index is 0.000387. The number of carbonyl (C=O) groups excluding carboxylic acids is 1. The van der Waals surface area contributed by atoms with Crippen LogP contribution in [0.2, 0.25) is 0 Å². The van der Waals surface area contributed by atoms with Gasteiger partial charge in [-0.1, -0.05) is 26.8 Å². The predicted molar refractivity (Wildman–Crippen MR) is 99.5 cm³/mol. The summed E-state index contributed by atoms with van der Waals surface area (Å²) in [5, 5.41) is 2.87. The van der Waals surface area contributed by atoms with Gasteiger partial charge >= 0.3 is 0 Å². The van der Waals surface area contributed by atoms with Gasteiger partial charge in [-0.15, -0.1) is 0 Å². The number of benzene rings is 1. The van der Waals surface area contributed by atoms with Crippen molar-refractivity contribution in [2.24, 2.45) is 0 Å². The van der Waals surface area contributed by atoms with Crippen molar-refractivity contribution >= 4 is 21.6 Å². The molecule has 1 aromatic carbocycles. The molecule has 1 aliphatic heterocycles. The van der Waals surface area contributed by atoms with Crippen molar-refractivity contribution in [2.45, 2.75) is 52.0 Å². The Labute approximate surface area is 150 Å². The molecule has 140 valence electrons. The molecule has 1 fully saturated rings. The summed E-state index contributed by atoms with van der Waals surface area (Å²) in [4.78, 5) is 12.7. The molecule has 7 heteroatoms. The summed E-state index contributed by atoms with van der Waals surface area (Å²) in [5.41, 5.74) is 1.56. The zero-order chi connectivity index (χ0) is 18.8. The van der Waals surface area contributed by atoms with Gasteiger partial charge in [0.05, 0.1) is 18.6 Å². The van der Waals surface area contributed by atoms with Crippen LogP contribution in [0.1, 0.15) is 46.1 Å². The van der Waals surface area contributed by atoms with Gasteiger partial charge in [0.2, 0.25) is 15.9 Å². The molecule has 0 aliphatic carbocycles. The minimum Gasteiger partial charge on any atom is -0.495 e. The Morgan fingerprint density at radius 2 is 2.04 bits per heavy atom. The topological polar surface area (TPSA) is 75.7 Å². The lowest BCUT2D eigenvalue weighted by atomic mass is 9.87. The molecule has 0 spiro atoms. The number of rotatable bonds is 5. The van der Waals surface area contributed by atoms with Crippen LogP contribution < -0.4 is 10.1 Å². The molecule has 0 bridgehead atoms. The quantitative estimate of drug-likeness (QED) is 0.867. The highest BCUT2D eigenvalue weighted by Gasteiger charge is 2.38. The highest BCUT2D eigenvalue weighted by atomic mass is 32.2. The largest absolute Gasteiger partial charge is 0.495 e. The summed E-state index contributed by atoms with van der Waals surface area (Å²) < 4.78 is 31.1. The first-order chi connectivity index (χ1) is 11.6. The smallest absolute Gasteiger partial charge is 0.242 e. The maximum Gasteiger partial charge on any atom is 0.242 e. The van der Waals surface area contributed by atoms with Gasteiger partial charge in [-0.05, 0) is 42.9 Å². The first-order valence-corrected chi connectivity index (χ1v) is 10.2. The molecule has 0 radical (unpaired) electrons. The van der Waals surface area contributed by atoms with Crippen LogP contribution in [0.4, 0.5) is 5.69 Å². The van der Waals surface area contributed by atoms with E-state index in [0.29, 0.717) is 30.8 Å². The Hall–Kier alpha value is -1.60. The molecule has 1 atom stereocenters. The fraction of sp³-hybridized carbons (Fsp3) is 0.611. The van der Waals surface area contributed by atoms with Crippen molar-refractivity contribution in [2.75, 3.05) is 24.7 Å². The van der Waals surface area contributed by atoms with Gasteiger partial charge in [-0.3, -0.25) is 4.79 Å². The highest BCUT2D eigenvalue weighted by molar-refractivity contribution is 7.89. The van der Waals surface area contributed by atoms with E-state index in [1.807, 2.05) is 18.2 Å². The number of anilines is 1. The van der Waals surface area contributed by atoms with Crippen LogP contribution in [-0.2, 0) is 20.2 Å². The second kappa shape index (κ2) is 7.33. The van der Waals surface area contributed by atoms with E-state index in [4.69, 9.17) is 4.74 Å². The molecule has 0 unspecified atom stereocenters. The monoisotopic (exact) mass is 368 g/mol. The fourth-order valence-corrected chi connectivity index (χ4v) is 4.32. The molecule has 1 aromatic rings. The van der Waals surface area contributed by atoms with Crippen LogP contribution in [0.3, 0.4) is 0 Å². The van der Waals surface area contributed by atoms with E-state index >= 15 is 0 Å². The molecule has 1 heterocycles. The van der Waals surface area contributed by atoms with Gasteiger partial charge in [-0.25, -0.2) is 8.42 Å². The zero-order valence-corrected chi connectivity index (χ0v) is 16.4. The Balaban J connectivity index is 2.28. The van der Waals surface area contributed by atoms with E-state index in [0.717, 1.165) is 5.56 Å². The molecule has 1 aliphatic rings. The summed E-state index contributed by atoms with van der Waals surface area (Å²) in [7, 11) is -1.84. The molecule has 25 heavy (non-hydrogen) atoms. The van der Waals surface area contributed by atoms with Gasteiger partial charge in [0.15, 0.2) is 0 Å². The van der Waals surface area contributed by atoms with Gasteiger partial charge in [0, 0.05) is 6.54 Å². The SMILES string of the molecule is CCS(=O)(=O)N1CCC[C@H]1C(=O)Nc1cc(C(C)(C)C)ccc1OC. The van der Waals surface area contributed by atoms with Crippen molar-refractivity contribution in [3.05, 3.63) is 23.8 Å². The predicted octanol–water partition coefficient (Wildman–Crippen LogP) is 2.75. The first kappa shape index (κ1) is 19.7. The summed E-state index contributed by atoms with van der Waals surface area (Å²) in [5.74, 6) is 0.253. The first-order valence-electron chi connectivity index (χ1n) is 8.59. The number of methoxy groups -OCH3 is 1. The van der Waals surface area contributed by atoms with E-state index in [-0.39, 0.29) is 17.1 Å². The third-order valence-electron chi connectivity index (χ3n) is 4.55. The van der Waals surface area contributed by atoms with Gasteiger partial charge in [0.25, 0.3) is 0 Å². The molecule has 0 saturated carbocycles. The van der Waals surface area contributed by atoms with Crippen molar-refractivity contribution in [3.63, 3.8) is 0 Å². The number of nitrogens with one attached hydrogen (secondary N) is 1. The van der Waals surface area contributed by atoms with Gasteiger partial charge in [-0.2, -0.15) is 4.31 Å². The lowest BCUT2D eigenvalue weighted by molar-refractivity contribution is -0.119.